The predicted molar refractivity (Wildman–Crippen MR) is 87.3 cm³/mol. The molecule has 0 amide bonds. The lowest BCUT2D eigenvalue weighted by atomic mass is 9.78. The first-order valence-electron chi connectivity index (χ1n) is 8.74. The second-order valence-electron chi connectivity index (χ2n) is 6.24. The standard InChI is InChI=1S/C17H34N2O2/c1-5-19(6-2)12-11-18-16(17(20)21-7-3)15-10-8-9-14(4)13-15/h14-16,18H,5-13H2,1-4H3. The Balaban J connectivity index is 2.53. The highest BCUT2D eigenvalue weighted by molar-refractivity contribution is 5.76. The molecule has 0 heterocycles. The number of rotatable bonds is 9. The maximum Gasteiger partial charge on any atom is 0.323 e. The molecule has 1 saturated carbocycles. The Labute approximate surface area is 130 Å². The molecule has 1 rings (SSSR count). The summed E-state index contributed by atoms with van der Waals surface area (Å²) in [5.74, 6) is 1.10. The van der Waals surface area contributed by atoms with Crippen molar-refractivity contribution in [2.24, 2.45) is 11.8 Å². The average Bonchev–Trinajstić information content (AvgIpc) is 2.47. The van der Waals surface area contributed by atoms with Crippen LogP contribution in [0.4, 0.5) is 0 Å². The summed E-state index contributed by atoms with van der Waals surface area (Å²) in [6.45, 7) is 13.0. The molecule has 0 bridgehead atoms. The van der Waals surface area contributed by atoms with Gasteiger partial charge >= 0.3 is 5.97 Å². The second kappa shape index (κ2) is 10.2. The lowest BCUT2D eigenvalue weighted by Gasteiger charge is -2.33. The summed E-state index contributed by atoms with van der Waals surface area (Å²) in [4.78, 5) is 14.6. The second-order valence-corrected chi connectivity index (χ2v) is 6.24. The molecular formula is C17H34N2O2. The van der Waals surface area contributed by atoms with Gasteiger partial charge in [-0.15, -0.1) is 0 Å². The lowest BCUT2D eigenvalue weighted by Crippen LogP contribution is -2.47. The summed E-state index contributed by atoms with van der Waals surface area (Å²) in [6.07, 6.45) is 4.82. The zero-order chi connectivity index (χ0) is 15.7. The van der Waals surface area contributed by atoms with E-state index in [2.05, 4.69) is 31.0 Å². The van der Waals surface area contributed by atoms with E-state index in [0.29, 0.717) is 12.5 Å². The van der Waals surface area contributed by atoms with Gasteiger partial charge in [-0.3, -0.25) is 4.79 Å². The average molecular weight is 298 g/mol. The van der Waals surface area contributed by atoms with E-state index >= 15 is 0 Å². The van der Waals surface area contributed by atoms with Gasteiger partial charge in [-0.1, -0.05) is 33.6 Å². The Morgan fingerprint density at radius 1 is 1.29 bits per heavy atom. The van der Waals surface area contributed by atoms with Gasteiger partial charge in [0, 0.05) is 13.1 Å². The van der Waals surface area contributed by atoms with E-state index in [0.717, 1.165) is 44.9 Å². The SMILES string of the molecule is CCOC(=O)C(NCCN(CC)CC)C1CCCC(C)C1. The summed E-state index contributed by atoms with van der Waals surface area (Å²) < 4.78 is 5.29. The molecule has 0 saturated heterocycles. The van der Waals surface area contributed by atoms with Crippen molar-refractivity contribution in [3.05, 3.63) is 0 Å². The van der Waals surface area contributed by atoms with Crippen LogP contribution in [0.15, 0.2) is 0 Å². The number of hydrogen-bond acceptors (Lipinski definition) is 4. The maximum absolute atomic E-state index is 12.3. The van der Waals surface area contributed by atoms with Gasteiger partial charge in [-0.05, 0) is 44.7 Å². The molecule has 0 radical (unpaired) electrons. The first-order valence-corrected chi connectivity index (χ1v) is 8.74. The molecule has 0 aromatic carbocycles. The summed E-state index contributed by atoms with van der Waals surface area (Å²) >= 11 is 0. The third kappa shape index (κ3) is 6.35. The summed E-state index contributed by atoms with van der Waals surface area (Å²) in [6, 6.07) is -0.122. The summed E-state index contributed by atoms with van der Waals surface area (Å²) in [7, 11) is 0. The molecule has 4 nitrogen and oxygen atoms in total. The Hall–Kier alpha value is -0.610. The number of carbonyl (C=O) groups is 1. The maximum atomic E-state index is 12.3. The van der Waals surface area contributed by atoms with E-state index in [4.69, 9.17) is 4.74 Å². The minimum Gasteiger partial charge on any atom is -0.465 e. The topological polar surface area (TPSA) is 41.6 Å². The number of likely N-dealkylation sites (N-methyl/N-ethyl adjacent to an activating group) is 1. The Kier molecular flexibility index (Phi) is 8.93. The van der Waals surface area contributed by atoms with Crippen molar-refractivity contribution in [3.8, 4) is 0 Å². The Bertz CT molecular complexity index is 293. The summed E-state index contributed by atoms with van der Waals surface area (Å²) in [5.41, 5.74) is 0. The predicted octanol–water partition coefficient (Wildman–Crippen LogP) is 2.68. The van der Waals surface area contributed by atoms with Crippen LogP contribution >= 0.6 is 0 Å². The largest absolute Gasteiger partial charge is 0.465 e. The van der Waals surface area contributed by atoms with E-state index in [1.165, 1.54) is 12.8 Å². The van der Waals surface area contributed by atoms with Crippen molar-refractivity contribution in [2.75, 3.05) is 32.8 Å². The number of nitrogens with zero attached hydrogens (tertiary/aromatic N) is 1. The number of hydrogen-bond donors (Lipinski definition) is 1. The van der Waals surface area contributed by atoms with Crippen LogP contribution in [-0.2, 0) is 9.53 Å². The fourth-order valence-electron chi connectivity index (χ4n) is 3.38. The van der Waals surface area contributed by atoms with Crippen LogP contribution in [0.2, 0.25) is 0 Å². The fraction of sp³-hybridized carbons (Fsp3) is 0.941. The van der Waals surface area contributed by atoms with Crippen molar-refractivity contribution in [3.63, 3.8) is 0 Å². The van der Waals surface area contributed by atoms with Gasteiger partial charge in [-0.25, -0.2) is 0 Å². The molecule has 21 heavy (non-hydrogen) atoms. The molecule has 0 aromatic rings. The molecule has 4 heteroatoms. The van der Waals surface area contributed by atoms with Gasteiger partial charge in [0.2, 0.25) is 0 Å². The molecule has 0 spiro atoms. The third-order valence-corrected chi connectivity index (χ3v) is 4.68. The van der Waals surface area contributed by atoms with Crippen molar-refractivity contribution in [2.45, 2.75) is 59.4 Å². The van der Waals surface area contributed by atoms with Gasteiger partial charge in [0.05, 0.1) is 6.61 Å². The highest BCUT2D eigenvalue weighted by Gasteiger charge is 2.32. The van der Waals surface area contributed by atoms with Crippen LogP contribution in [0, 0.1) is 11.8 Å². The van der Waals surface area contributed by atoms with Gasteiger partial charge in [-0.2, -0.15) is 0 Å². The molecule has 1 aliphatic carbocycles. The van der Waals surface area contributed by atoms with Crippen LogP contribution in [-0.4, -0.2) is 49.7 Å². The molecular weight excluding hydrogens is 264 g/mol. The Morgan fingerprint density at radius 3 is 2.57 bits per heavy atom. The van der Waals surface area contributed by atoms with Crippen LogP contribution in [0.3, 0.4) is 0 Å². The smallest absolute Gasteiger partial charge is 0.323 e. The number of nitrogens with one attached hydrogen (secondary N) is 1. The van der Waals surface area contributed by atoms with Crippen molar-refractivity contribution < 1.29 is 9.53 Å². The number of esters is 1. The molecule has 3 atom stereocenters. The van der Waals surface area contributed by atoms with Gasteiger partial charge in [0.25, 0.3) is 0 Å². The van der Waals surface area contributed by atoms with Gasteiger partial charge in [0.15, 0.2) is 0 Å². The molecule has 3 unspecified atom stereocenters. The summed E-state index contributed by atoms with van der Waals surface area (Å²) in [5, 5.41) is 3.48. The van der Waals surface area contributed by atoms with E-state index in [1.54, 1.807) is 0 Å². The monoisotopic (exact) mass is 298 g/mol. The lowest BCUT2D eigenvalue weighted by molar-refractivity contribution is -0.147. The highest BCUT2D eigenvalue weighted by Crippen LogP contribution is 2.31. The minimum absolute atomic E-state index is 0.0591. The normalized spacial score (nSPS) is 24.0. The van der Waals surface area contributed by atoms with Crippen molar-refractivity contribution in [1.29, 1.82) is 0 Å². The first-order chi connectivity index (χ1) is 10.1. The van der Waals surface area contributed by atoms with E-state index < -0.39 is 0 Å². The first kappa shape index (κ1) is 18.4. The van der Waals surface area contributed by atoms with E-state index in [9.17, 15) is 4.79 Å². The number of ether oxygens (including phenoxy) is 1. The minimum atomic E-state index is -0.122. The molecule has 1 fully saturated rings. The third-order valence-electron chi connectivity index (χ3n) is 4.68. The fourth-order valence-corrected chi connectivity index (χ4v) is 3.38. The van der Waals surface area contributed by atoms with Crippen LogP contribution in [0.25, 0.3) is 0 Å². The molecule has 0 aromatic heterocycles. The van der Waals surface area contributed by atoms with E-state index in [1.807, 2.05) is 6.92 Å². The Morgan fingerprint density at radius 2 is 2.00 bits per heavy atom. The van der Waals surface area contributed by atoms with Crippen LogP contribution in [0.1, 0.15) is 53.4 Å². The van der Waals surface area contributed by atoms with Crippen molar-refractivity contribution >= 4 is 5.97 Å². The zero-order valence-electron chi connectivity index (χ0n) is 14.4. The zero-order valence-corrected chi connectivity index (χ0v) is 14.4. The highest BCUT2D eigenvalue weighted by atomic mass is 16.5. The molecule has 124 valence electrons. The number of carbonyl (C=O) groups excluding carboxylic acids is 1. The molecule has 1 aliphatic rings. The molecule has 1 N–H and O–H groups in total. The van der Waals surface area contributed by atoms with Crippen LogP contribution in [0.5, 0.6) is 0 Å². The van der Waals surface area contributed by atoms with Crippen molar-refractivity contribution in [1.82, 2.24) is 10.2 Å². The van der Waals surface area contributed by atoms with E-state index in [-0.39, 0.29) is 12.0 Å². The van der Waals surface area contributed by atoms with Gasteiger partial charge < -0.3 is 15.0 Å². The molecule has 0 aliphatic heterocycles. The quantitative estimate of drug-likeness (QED) is 0.665. The van der Waals surface area contributed by atoms with Gasteiger partial charge in [0.1, 0.15) is 6.04 Å². The van der Waals surface area contributed by atoms with Crippen LogP contribution < -0.4 is 5.32 Å².